The Labute approximate surface area is 280 Å². The third kappa shape index (κ3) is 13.4. The van der Waals surface area contributed by atoms with Crippen molar-refractivity contribution in [2.75, 3.05) is 45.9 Å². The molecule has 270 valence electrons. The molecule has 0 aliphatic carbocycles. The largest absolute Gasteiger partial charge is 0.448 e. The Kier molecular flexibility index (Phi) is 17.6. The van der Waals surface area contributed by atoms with Gasteiger partial charge in [0.2, 0.25) is 17.8 Å². The number of carbonyl (C=O) groups is 3. The van der Waals surface area contributed by atoms with E-state index in [2.05, 4.69) is 39.8 Å². The summed E-state index contributed by atoms with van der Waals surface area (Å²) in [4.78, 5) is 45.8. The molecule has 1 spiro atoms. The van der Waals surface area contributed by atoms with Crippen molar-refractivity contribution in [3.05, 3.63) is 0 Å². The van der Waals surface area contributed by atoms with Gasteiger partial charge in [0, 0.05) is 39.0 Å². The van der Waals surface area contributed by atoms with Gasteiger partial charge in [0.1, 0.15) is 12.2 Å². The van der Waals surface area contributed by atoms with E-state index in [-0.39, 0.29) is 43.4 Å². The van der Waals surface area contributed by atoms with Crippen molar-refractivity contribution >= 4 is 29.8 Å². The van der Waals surface area contributed by atoms with Crippen LogP contribution in [0.2, 0.25) is 0 Å². The zero-order valence-electron chi connectivity index (χ0n) is 28.9. The van der Waals surface area contributed by atoms with Crippen LogP contribution in [0, 0.1) is 5.92 Å². The molecule has 2 unspecified atom stereocenters. The molecule has 0 aromatic carbocycles. The number of hydroxylamine groups is 2. The minimum Gasteiger partial charge on any atom is -0.448 e. The minimum absolute atomic E-state index is 0.0108. The average Bonchev–Trinajstić information content (AvgIpc) is 3.48. The number of hydrogen-bond acceptors (Lipinski definition) is 10. The molecule has 2 atom stereocenters. The standard InChI is InChI=1S/C32H61N9O6/c1-25(2)14-8-4-5-11-18-35-26(42)15-9-10-16-27(43)36-19-12-6-7-13-20-38-30(44)47-23-21-37-28(33)40-22-17-31(3,45)32(40)24-39-29(34)41(32)46/h25,45-46H,4-24H2,1-3H3,(H2,33,37)(H2,34,39)(H,35,42)(H,36,43)(H,38,44). The van der Waals surface area contributed by atoms with Gasteiger partial charge in [0.05, 0.1) is 13.1 Å². The fourth-order valence-corrected chi connectivity index (χ4v) is 5.89. The van der Waals surface area contributed by atoms with Crippen molar-refractivity contribution in [3.8, 4) is 0 Å². The Morgan fingerprint density at radius 1 is 0.936 bits per heavy atom. The van der Waals surface area contributed by atoms with Crippen LogP contribution in [-0.2, 0) is 14.3 Å². The van der Waals surface area contributed by atoms with Crippen LogP contribution in [0.1, 0.15) is 111 Å². The van der Waals surface area contributed by atoms with E-state index in [0.717, 1.165) is 56.1 Å². The lowest BCUT2D eigenvalue weighted by atomic mass is 9.90. The second-order valence-corrected chi connectivity index (χ2v) is 13.2. The van der Waals surface area contributed by atoms with E-state index in [9.17, 15) is 24.7 Å². The number of unbranched alkanes of at least 4 members (excludes halogenated alkanes) is 7. The molecule has 0 aromatic heterocycles. The van der Waals surface area contributed by atoms with Crippen LogP contribution in [0.3, 0.4) is 0 Å². The van der Waals surface area contributed by atoms with Crippen LogP contribution in [0.4, 0.5) is 4.79 Å². The van der Waals surface area contributed by atoms with Gasteiger partial charge in [-0.3, -0.25) is 14.8 Å². The lowest BCUT2D eigenvalue weighted by Gasteiger charge is -2.45. The fourth-order valence-electron chi connectivity index (χ4n) is 5.89. The predicted molar refractivity (Wildman–Crippen MR) is 182 cm³/mol. The molecule has 0 aromatic rings. The number of likely N-dealkylation sites (tertiary alicyclic amines) is 1. The number of carbonyl (C=O) groups excluding carboxylic acids is 3. The van der Waals surface area contributed by atoms with Crippen LogP contribution >= 0.6 is 0 Å². The molecule has 15 heteroatoms. The number of rotatable bonds is 22. The van der Waals surface area contributed by atoms with Gasteiger partial charge in [-0.2, -0.15) is 5.06 Å². The van der Waals surface area contributed by atoms with Gasteiger partial charge < -0.3 is 42.2 Å². The number of nitrogens with one attached hydrogen (secondary N) is 3. The van der Waals surface area contributed by atoms with E-state index in [0.29, 0.717) is 51.7 Å². The lowest BCUT2D eigenvalue weighted by molar-refractivity contribution is -0.198. The number of nitrogens with zero attached hydrogens (tertiary/aromatic N) is 4. The first kappa shape index (κ1) is 39.8. The van der Waals surface area contributed by atoms with Gasteiger partial charge in [0.25, 0.3) is 0 Å². The predicted octanol–water partition coefficient (Wildman–Crippen LogP) is 2.16. The van der Waals surface area contributed by atoms with E-state index in [1.54, 1.807) is 11.8 Å². The number of hydrogen-bond donors (Lipinski definition) is 7. The van der Waals surface area contributed by atoms with Crippen LogP contribution < -0.4 is 27.4 Å². The molecule has 0 saturated carbocycles. The summed E-state index contributed by atoms with van der Waals surface area (Å²) in [7, 11) is 0. The summed E-state index contributed by atoms with van der Waals surface area (Å²) in [6, 6.07) is 0. The normalized spacial score (nSPS) is 21.0. The van der Waals surface area contributed by atoms with Crippen LogP contribution in [0.25, 0.3) is 0 Å². The third-order valence-electron chi connectivity index (χ3n) is 8.82. The number of aliphatic hydroxyl groups is 1. The Balaban J connectivity index is 1.41. The topological polar surface area (TPSA) is 220 Å². The summed E-state index contributed by atoms with van der Waals surface area (Å²) in [5, 5.41) is 30.7. The highest BCUT2D eigenvalue weighted by molar-refractivity contribution is 5.84. The van der Waals surface area contributed by atoms with Gasteiger partial charge in [-0.15, -0.1) is 0 Å². The highest BCUT2D eigenvalue weighted by atomic mass is 16.5. The Morgan fingerprint density at radius 3 is 2.02 bits per heavy atom. The molecule has 0 bridgehead atoms. The van der Waals surface area contributed by atoms with Gasteiger partial charge in [-0.05, 0) is 51.4 Å². The van der Waals surface area contributed by atoms with E-state index in [1.807, 2.05) is 0 Å². The molecule has 9 N–H and O–H groups in total. The Hall–Kier alpha value is -3.33. The molecule has 1 saturated heterocycles. The number of amides is 3. The van der Waals surface area contributed by atoms with Gasteiger partial charge in [-0.25, -0.2) is 14.8 Å². The van der Waals surface area contributed by atoms with Crippen LogP contribution in [0.5, 0.6) is 0 Å². The van der Waals surface area contributed by atoms with Crippen LogP contribution in [-0.4, -0.2) is 107 Å². The van der Waals surface area contributed by atoms with Crippen molar-refractivity contribution in [3.63, 3.8) is 0 Å². The summed E-state index contributed by atoms with van der Waals surface area (Å²) < 4.78 is 5.16. The molecule has 2 aliphatic heterocycles. The van der Waals surface area contributed by atoms with Gasteiger partial charge in [0.15, 0.2) is 11.6 Å². The maximum absolute atomic E-state index is 12.0. The highest BCUT2D eigenvalue weighted by Gasteiger charge is 2.63. The maximum atomic E-state index is 12.0. The molecule has 0 radical (unpaired) electrons. The van der Waals surface area contributed by atoms with E-state index in [1.165, 1.54) is 19.3 Å². The first-order valence-corrected chi connectivity index (χ1v) is 17.4. The molecule has 1 fully saturated rings. The zero-order valence-corrected chi connectivity index (χ0v) is 28.9. The highest BCUT2D eigenvalue weighted by Crippen LogP contribution is 2.42. The second kappa shape index (κ2) is 20.8. The third-order valence-corrected chi connectivity index (χ3v) is 8.82. The summed E-state index contributed by atoms with van der Waals surface area (Å²) in [5.74, 6) is 0.819. The summed E-state index contributed by atoms with van der Waals surface area (Å²) in [6.07, 6.45) is 11.5. The zero-order chi connectivity index (χ0) is 34.7. The summed E-state index contributed by atoms with van der Waals surface area (Å²) in [5.41, 5.74) is 9.22. The van der Waals surface area contributed by atoms with E-state index in [4.69, 9.17) is 16.2 Å². The summed E-state index contributed by atoms with van der Waals surface area (Å²) in [6.45, 7) is 8.40. The molecule has 2 heterocycles. The molecule has 2 aliphatic rings. The molecular formula is C32H61N9O6. The second-order valence-electron chi connectivity index (χ2n) is 13.2. The van der Waals surface area contributed by atoms with Crippen LogP contribution in [0.15, 0.2) is 9.98 Å². The first-order valence-electron chi connectivity index (χ1n) is 17.4. The lowest BCUT2D eigenvalue weighted by Crippen LogP contribution is -2.69. The number of ether oxygens (including phenoxy) is 1. The summed E-state index contributed by atoms with van der Waals surface area (Å²) >= 11 is 0. The SMILES string of the molecule is CC(C)CCCCCCNC(=O)CCCCC(=O)NCCCCCCNC(=O)OCCN=C(N)N1CCC(C)(O)C12CN=C(N)N2O. The fraction of sp³-hybridized carbons (Fsp3) is 0.844. The smallest absolute Gasteiger partial charge is 0.407 e. The number of guanidine groups is 2. The maximum Gasteiger partial charge on any atom is 0.407 e. The molecule has 47 heavy (non-hydrogen) atoms. The van der Waals surface area contributed by atoms with Gasteiger partial charge >= 0.3 is 6.09 Å². The Morgan fingerprint density at radius 2 is 1.49 bits per heavy atom. The molecule has 15 nitrogen and oxygen atoms in total. The average molecular weight is 668 g/mol. The number of nitrogens with two attached hydrogens (primary N) is 2. The molecule has 3 amide bonds. The first-order chi connectivity index (χ1) is 22.4. The van der Waals surface area contributed by atoms with Crippen molar-refractivity contribution in [2.24, 2.45) is 27.4 Å². The number of alkyl carbamates (subject to hydrolysis) is 1. The Bertz CT molecular complexity index is 1040. The van der Waals surface area contributed by atoms with Crippen molar-refractivity contribution in [1.82, 2.24) is 25.9 Å². The molecule has 2 rings (SSSR count). The monoisotopic (exact) mass is 667 g/mol. The van der Waals surface area contributed by atoms with Crippen molar-refractivity contribution in [2.45, 2.75) is 122 Å². The van der Waals surface area contributed by atoms with E-state index >= 15 is 0 Å². The van der Waals surface area contributed by atoms with Crippen molar-refractivity contribution < 1.29 is 29.4 Å². The van der Waals surface area contributed by atoms with Gasteiger partial charge in [-0.1, -0.05) is 52.4 Å². The number of aliphatic imine (C=N–C) groups is 2. The van der Waals surface area contributed by atoms with Crippen molar-refractivity contribution in [1.29, 1.82) is 0 Å². The quantitative estimate of drug-likeness (QED) is 0.0507. The minimum atomic E-state index is -1.33. The molecular weight excluding hydrogens is 606 g/mol. The van der Waals surface area contributed by atoms with E-state index < -0.39 is 17.4 Å².